The maximum absolute atomic E-state index is 13.1. The number of aryl methyl sites for hydroxylation is 1. The van der Waals surface area contributed by atoms with Crippen molar-refractivity contribution in [2.24, 2.45) is 11.7 Å². The lowest BCUT2D eigenvalue weighted by molar-refractivity contribution is -0.130. The average Bonchev–Trinajstić information content (AvgIpc) is 3.44. The third kappa shape index (κ3) is 6.92. The number of nitrogens with zero attached hydrogens (tertiary/aromatic N) is 4. The number of ether oxygens (including phenoxy) is 1. The molecule has 2 atom stereocenters. The Kier molecular flexibility index (Phi) is 8.56. The number of primary amides is 1. The van der Waals surface area contributed by atoms with Gasteiger partial charge in [0.2, 0.25) is 11.8 Å². The Labute approximate surface area is 193 Å². The fraction of sp³-hybridized carbons (Fsp3) is 0.800. The second-order valence-electron chi connectivity index (χ2n) is 8.90. The van der Waals surface area contributed by atoms with Crippen LogP contribution in [0.3, 0.4) is 0 Å². The Morgan fingerprint density at radius 3 is 2.69 bits per heavy atom. The molecule has 2 aliphatic rings. The van der Waals surface area contributed by atoms with Gasteiger partial charge in [0.1, 0.15) is 5.82 Å². The van der Waals surface area contributed by atoms with E-state index < -0.39 is 15.7 Å². The molecule has 2 amide bonds. The lowest BCUT2D eigenvalue weighted by Gasteiger charge is -2.30. The first-order valence-corrected chi connectivity index (χ1v) is 13.9. The molecule has 32 heavy (non-hydrogen) atoms. The lowest BCUT2D eigenvalue weighted by atomic mass is 10.1. The summed E-state index contributed by atoms with van der Waals surface area (Å²) in [6.07, 6.45) is 3.02. The molecule has 3 rings (SSSR count). The molecule has 0 bridgehead atoms. The molecule has 3 heterocycles. The molecule has 0 aliphatic carbocycles. The van der Waals surface area contributed by atoms with Crippen LogP contribution in [0.5, 0.6) is 0 Å². The van der Waals surface area contributed by atoms with E-state index in [2.05, 4.69) is 10.2 Å². The van der Waals surface area contributed by atoms with Gasteiger partial charge in [-0.2, -0.15) is 0 Å². The van der Waals surface area contributed by atoms with Gasteiger partial charge in [0.05, 0.1) is 29.9 Å². The molecule has 0 aromatic carbocycles. The highest BCUT2D eigenvalue weighted by Crippen LogP contribution is 2.24. The minimum Gasteiger partial charge on any atom is -0.376 e. The van der Waals surface area contributed by atoms with Crippen LogP contribution in [0, 0.1) is 5.92 Å². The number of rotatable bonds is 11. The topological polar surface area (TPSA) is 137 Å². The van der Waals surface area contributed by atoms with Crippen LogP contribution in [-0.4, -0.2) is 82.5 Å². The van der Waals surface area contributed by atoms with Gasteiger partial charge in [0.25, 0.3) is 0 Å². The summed E-state index contributed by atoms with van der Waals surface area (Å²) in [5.41, 5.74) is 5.29. The van der Waals surface area contributed by atoms with Gasteiger partial charge < -0.3 is 19.9 Å². The number of carbonyl (C=O) groups excluding carboxylic acids is 2. The Bertz CT molecular complexity index is 911. The molecule has 10 nitrogen and oxygen atoms in total. The van der Waals surface area contributed by atoms with E-state index in [1.165, 1.54) is 11.8 Å². The summed E-state index contributed by atoms with van der Waals surface area (Å²) in [6, 6.07) is -0.272. The second-order valence-corrected chi connectivity index (χ2v) is 12.1. The summed E-state index contributed by atoms with van der Waals surface area (Å²) in [4.78, 5) is 26.0. The third-order valence-corrected chi connectivity index (χ3v) is 8.36. The Balaban J connectivity index is 1.70. The molecular weight excluding hydrogens is 454 g/mol. The van der Waals surface area contributed by atoms with E-state index in [1.807, 2.05) is 18.4 Å². The number of carbonyl (C=O) groups is 2. The van der Waals surface area contributed by atoms with Crippen LogP contribution in [-0.2, 0) is 37.1 Å². The van der Waals surface area contributed by atoms with Crippen molar-refractivity contribution in [3.05, 3.63) is 5.82 Å². The number of aromatic nitrogens is 3. The number of amides is 2. The van der Waals surface area contributed by atoms with Gasteiger partial charge in [-0.1, -0.05) is 25.6 Å². The minimum atomic E-state index is -3.09. The van der Waals surface area contributed by atoms with Gasteiger partial charge in [0, 0.05) is 32.0 Å². The minimum absolute atomic E-state index is 0.0304. The predicted molar refractivity (Wildman–Crippen MR) is 121 cm³/mol. The molecule has 0 spiro atoms. The normalized spacial score (nSPS) is 22.5. The first-order valence-electron chi connectivity index (χ1n) is 11.1. The predicted octanol–water partition coefficient (Wildman–Crippen LogP) is 0.639. The summed E-state index contributed by atoms with van der Waals surface area (Å²) in [7, 11) is -3.09. The van der Waals surface area contributed by atoms with Crippen molar-refractivity contribution in [1.82, 2.24) is 19.7 Å². The number of hydrogen-bond donors (Lipinski definition) is 1. The van der Waals surface area contributed by atoms with E-state index in [0.29, 0.717) is 36.9 Å². The van der Waals surface area contributed by atoms with Crippen molar-refractivity contribution in [1.29, 1.82) is 0 Å². The molecular formula is C20H33N5O5S2. The third-order valence-electron chi connectivity index (χ3n) is 5.65. The van der Waals surface area contributed by atoms with Crippen molar-refractivity contribution < 1.29 is 22.7 Å². The van der Waals surface area contributed by atoms with Crippen LogP contribution in [0.15, 0.2) is 5.16 Å². The summed E-state index contributed by atoms with van der Waals surface area (Å²) >= 11 is 1.28. The van der Waals surface area contributed by atoms with Gasteiger partial charge in [0.15, 0.2) is 15.0 Å². The standard InChI is InChI=1S/C20H33N5O5S2/c1-14(2)10-24(15-7-9-32(28,29)13-15)19(27)12-31-20-23-22-18(6-5-17(21)26)25(20)11-16-4-3-8-30-16/h14-16H,3-13H2,1-2H3,(H2,21,26). The molecule has 1 aromatic rings. The van der Waals surface area contributed by atoms with E-state index in [4.69, 9.17) is 10.5 Å². The molecule has 2 aliphatic heterocycles. The molecule has 12 heteroatoms. The van der Waals surface area contributed by atoms with E-state index in [9.17, 15) is 18.0 Å². The van der Waals surface area contributed by atoms with Crippen molar-refractivity contribution in [3.63, 3.8) is 0 Å². The molecule has 2 N–H and O–H groups in total. The van der Waals surface area contributed by atoms with Crippen LogP contribution in [0.1, 0.15) is 45.4 Å². The zero-order chi connectivity index (χ0) is 23.3. The molecule has 180 valence electrons. The van der Waals surface area contributed by atoms with Crippen molar-refractivity contribution >= 4 is 33.4 Å². The zero-order valence-corrected chi connectivity index (χ0v) is 20.4. The number of thioether (sulfide) groups is 1. The van der Waals surface area contributed by atoms with Gasteiger partial charge in [-0.25, -0.2) is 8.42 Å². The lowest BCUT2D eigenvalue weighted by Crippen LogP contribution is -2.44. The first kappa shape index (κ1) is 25.0. The highest BCUT2D eigenvalue weighted by atomic mass is 32.2. The van der Waals surface area contributed by atoms with Crippen LogP contribution in [0.4, 0.5) is 0 Å². The van der Waals surface area contributed by atoms with Crippen LogP contribution in [0.2, 0.25) is 0 Å². The van der Waals surface area contributed by atoms with Crippen LogP contribution in [0.25, 0.3) is 0 Å². The highest BCUT2D eigenvalue weighted by molar-refractivity contribution is 7.99. The van der Waals surface area contributed by atoms with Crippen molar-refractivity contribution in [2.75, 3.05) is 30.4 Å². The number of sulfone groups is 1. The van der Waals surface area contributed by atoms with Gasteiger partial charge >= 0.3 is 0 Å². The molecule has 0 saturated carbocycles. The molecule has 1 aromatic heterocycles. The Hall–Kier alpha value is -1.66. The van der Waals surface area contributed by atoms with E-state index >= 15 is 0 Å². The largest absolute Gasteiger partial charge is 0.376 e. The second kappa shape index (κ2) is 11.0. The quantitative estimate of drug-likeness (QED) is 0.449. The smallest absolute Gasteiger partial charge is 0.233 e. The monoisotopic (exact) mass is 487 g/mol. The zero-order valence-electron chi connectivity index (χ0n) is 18.7. The molecule has 2 unspecified atom stereocenters. The summed E-state index contributed by atoms with van der Waals surface area (Å²) in [5, 5.41) is 9.07. The van der Waals surface area contributed by atoms with E-state index in [-0.39, 0.29) is 47.7 Å². The Morgan fingerprint density at radius 1 is 1.31 bits per heavy atom. The Morgan fingerprint density at radius 2 is 2.09 bits per heavy atom. The number of nitrogens with two attached hydrogens (primary N) is 1. The van der Waals surface area contributed by atoms with Crippen molar-refractivity contribution in [2.45, 2.75) is 69.8 Å². The van der Waals surface area contributed by atoms with E-state index in [0.717, 1.165) is 19.4 Å². The molecule has 2 saturated heterocycles. The highest BCUT2D eigenvalue weighted by Gasteiger charge is 2.35. The maximum atomic E-state index is 13.1. The average molecular weight is 488 g/mol. The number of hydrogen-bond acceptors (Lipinski definition) is 8. The van der Waals surface area contributed by atoms with Crippen molar-refractivity contribution in [3.8, 4) is 0 Å². The van der Waals surface area contributed by atoms with Crippen LogP contribution < -0.4 is 5.73 Å². The van der Waals surface area contributed by atoms with Gasteiger partial charge in [-0.3, -0.25) is 9.59 Å². The summed E-state index contributed by atoms with van der Waals surface area (Å²) in [5.74, 6) is 0.677. The van der Waals surface area contributed by atoms with E-state index in [1.54, 1.807) is 4.90 Å². The molecule has 0 radical (unpaired) electrons. The molecule has 2 fully saturated rings. The maximum Gasteiger partial charge on any atom is 0.233 e. The first-order chi connectivity index (χ1) is 15.1. The van der Waals surface area contributed by atoms with Gasteiger partial charge in [-0.15, -0.1) is 10.2 Å². The fourth-order valence-electron chi connectivity index (χ4n) is 4.10. The summed E-state index contributed by atoms with van der Waals surface area (Å²) < 4.78 is 31.6. The van der Waals surface area contributed by atoms with Gasteiger partial charge in [-0.05, 0) is 25.2 Å². The fourth-order valence-corrected chi connectivity index (χ4v) is 6.68. The summed E-state index contributed by atoms with van der Waals surface area (Å²) in [6.45, 7) is 5.83. The SMILES string of the molecule is CC(C)CN(C(=O)CSc1nnc(CCC(N)=O)n1CC1CCCO1)C1CCS(=O)(=O)C1. The van der Waals surface area contributed by atoms with Crippen LogP contribution >= 0.6 is 11.8 Å².